The van der Waals surface area contributed by atoms with Gasteiger partial charge in [-0.15, -0.1) is 0 Å². The Labute approximate surface area is 105 Å². The molecule has 2 aliphatic rings. The Hall–Kier alpha value is -0.160. The van der Waals surface area contributed by atoms with E-state index in [2.05, 4.69) is 23.9 Å². The van der Waals surface area contributed by atoms with Crippen LogP contribution in [0.15, 0.2) is 0 Å². The highest BCUT2D eigenvalue weighted by atomic mass is 16.5. The summed E-state index contributed by atoms with van der Waals surface area (Å²) in [4.78, 5) is 4.84. The van der Waals surface area contributed by atoms with E-state index < -0.39 is 0 Å². The van der Waals surface area contributed by atoms with E-state index in [0.29, 0.717) is 0 Å². The molecule has 1 atom stereocenters. The fourth-order valence-corrected chi connectivity index (χ4v) is 3.02. The number of likely N-dealkylation sites (tertiary alicyclic amines) is 1. The van der Waals surface area contributed by atoms with Crippen LogP contribution in [0.3, 0.4) is 0 Å². The molecule has 2 rings (SSSR count). The topological polar surface area (TPSA) is 35.9 Å². The molecule has 0 bridgehead atoms. The maximum absolute atomic E-state index is 9.57. The van der Waals surface area contributed by atoms with Crippen molar-refractivity contribution in [1.29, 1.82) is 0 Å². The number of rotatable bonds is 4. The summed E-state index contributed by atoms with van der Waals surface area (Å²) in [6.07, 6.45) is 3.50. The minimum atomic E-state index is 0.0188. The Morgan fingerprint density at radius 1 is 1.35 bits per heavy atom. The summed E-state index contributed by atoms with van der Waals surface area (Å²) in [7, 11) is 4.33. The molecule has 0 aliphatic carbocycles. The summed E-state index contributed by atoms with van der Waals surface area (Å²) in [5.41, 5.74) is 0.0188. The number of aliphatic hydroxyl groups is 1. The minimum Gasteiger partial charge on any atom is -0.396 e. The zero-order valence-electron chi connectivity index (χ0n) is 11.2. The van der Waals surface area contributed by atoms with Gasteiger partial charge in [-0.3, -0.25) is 0 Å². The third-order valence-corrected chi connectivity index (χ3v) is 4.37. The molecule has 2 aliphatic heterocycles. The molecular weight excluding hydrogens is 216 g/mol. The molecule has 1 unspecified atom stereocenters. The second-order valence-corrected chi connectivity index (χ2v) is 5.93. The van der Waals surface area contributed by atoms with Gasteiger partial charge in [-0.05, 0) is 46.4 Å². The van der Waals surface area contributed by atoms with E-state index in [1.807, 2.05) is 0 Å². The van der Waals surface area contributed by atoms with E-state index in [4.69, 9.17) is 4.74 Å². The van der Waals surface area contributed by atoms with Crippen molar-refractivity contribution >= 4 is 0 Å². The van der Waals surface area contributed by atoms with Gasteiger partial charge in [0.1, 0.15) is 0 Å². The zero-order chi connectivity index (χ0) is 12.3. The molecule has 4 nitrogen and oxygen atoms in total. The predicted molar refractivity (Wildman–Crippen MR) is 68.1 cm³/mol. The Morgan fingerprint density at radius 2 is 2.06 bits per heavy atom. The molecule has 0 aromatic carbocycles. The van der Waals surface area contributed by atoms with Crippen molar-refractivity contribution in [3.8, 4) is 0 Å². The van der Waals surface area contributed by atoms with Gasteiger partial charge in [0.15, 0.2) is 0 Å². The monoisotopic (exact) mass is 242 g/mol. The van der Waals surface area contributed by atoms with Crippen LogP contribution in [-0.4, -0.2) is 74.5 Å². The third kappa shape index (κ3) is 3.19. The van der Waals surface area contributed by atoms with Crippen molar-refractivity contribution < 1.29 is 9.84 Å². The van der Waals surface area contributed by atoms with E-state index in [9.17, 15) is 5.11 Å². The summed E-state index contributed by atoms with van der Waals surface area (Å²) in [5, 5.41) is 9.57. The van der Waals surface area contributed by atoms with E-state index in [0.717, 1.165) is 45.3 Å². The van der Waals surface area contributed by atoms with Gasteiger partial charge in [0.05, 0.1) is 13.2 Å². The highest BCUT2D eigenvalue weighted by Gasteiger charge is 2.37. The number of ether oxygens (including phenoxy) is 1. The number of piperidine rings is 1. The highest BCUT2D eigenvalue weighted by molar-refractivity contribution is 4.88. The molecule has 1 N–H and O–H groups in total. The van der Waals surface area contributed by atoms with Gasteiger partial charge in [-0.25, -0.2) is 0 Å². The molecule has 2 saturated heterocycles. The van der Waals surface area contributed by atoms with Crippen molar-refractivity contribution in [3.63, 3.8) is 0 Å². The van der Waals surface area contributed by atoms with Crippen molar-refractivity contribution in [2.24, 2.45) is 5.41 Å². The summed E-state index contributed by atoms with van der Waals surface area (Å²) in [6.45, 7) is 5.13. The van der Waals surface area contributed by atoms with Crippen LogP contribution in [-0.2, 0) is 4.74 Å². The standard InChI is InChI=1S/C13H26N2O2/c1-14(2)12-3-6-15(7-4-12)9-13(10-16)5-8-17-11-13/h12,16H,3-11H2,1-2H3. The number of hydrogen-bond donors (Lipinski definition) is 1. The van der Waals surface area contributed by atoms with Gasteiger partial charge in [0, 0.05) is 24.6 Å². The fourth-order valence-electron chi connectivity index (χ4n) is 3.02. The van der Waals surface area contributed by atoms with Crippen LogP contribution < -0.4 is 0 Å². The maximum atomic E-state index is 9.57. The van der Waals surface area contributed by atoms with Crippen molar-refractivity contribution in [1.82, 2.24) is 9.80 Å². The highest BCUT2D eigenvalue weighted by Crippen LogP contribution is 2.30. The molecule has 2 heterocycles. The van der Waals surface area contributed by atoms with Gasteiger partial charge in [0.2, 0.25) is 0 Å². The van der Waals surface area contributed by atoms with Crippen LogP contribution in [0, 0.1) is 5.41 Å². The smallest absolute Gasteiger partial charge is 0.0557 e. The Bertz CT molecular complexity index is 232. The first-order valence-electron chi connectivity index (χ1n) is 6.73. The van der Waals surface area contributed by atoms with Gasteiger partial charge < -0.3 is 19.6 Å². The lowest BCUT2D eigenvalue weighted by atomic mass is 9.87. The van der Waals surface area contributed by atoms with Crippen LogP contribution in [0.5, 0.6) is 0 Å². The largest absolute Gasteiger partial charge is 0.396 e. The first-order valence-corrected chi connectivity index (χ1v) is 6.73. The quantitative estimate of drug-likeness (QED) is 0.775. The first-order chi connectivity index (χ1) is 8.15. The Kier molecular flexibility index (Phi) is 4.42. The number of aliphatic hydroxyl groups excluding tert-OH is 1. The van der Waals surface area contributed by atoms with E-state index >= 15 is 0 Å². The average Bonchev–Trinajstić information content (AvgIpc) is 2.79. The lowest BCUT2D eigenvalue weighted by molar-refractivity contribution is 0.0405. The average molecular weight is 242 g/mol. The molecule has 0 aromatic heterocycles. The lowest BCUT2D eigenvalue weighted by Gasteiger charge is -2.39. The van der Waals surface area contributed by atoms with Crippen molar-refractivity contribution in [3.05, 3.63) is 0 Å². The van der Waals surface area contributed by atoms with Crippen LogP contribution in [0.4, 0.5) is 0 Å². The zero-order valence-corrected chi connectivity index (χ0v) is 11.2. The van der Waals surface area contributed by atoms with Crippen LogP contribution in [0.25, 0.3) is 0 Å². The molecule has 0 saturated carbocycles. The molecule has 0 aromatic rings. The van der Waals surface area contributed by atoms with Gasteiger partial charge in [-0.1, -0.05) is 0 Å². The lowest BCUT2D eigenvalue weighted by Crippen LogP contribution is -2.47. The van der Waals surface area contributed by atoms with E-state index in [1.54, 1.807) is 0 Å². The normalized spacial score (nSPS) is 32.5. The molecular formula is C13H26N2O2. The number of hydrogen-bond acceptors (Lipinski definition) is 4. The van der Waals surface area contributed by atoms with E-state index in [1.165, 1.54) is 12.8 Å². The van der Waals surface area contributed by atoms with Gasteiger partial charge in [-0.2, -0.15) is 0 Å². The second kappa shape index (κ2) is 5.65. The van der Waals surface area contributed by atoms with Crippen LogP contribution in [0.1, 0.15) is 19.3 Å². The third-order valence-electron chi connectivity index (χ3n) is 4.37. The number of nitrogens with zero attached hydrogens (tertiary/aromatic N) is 2. The van der Waals surface area contributed by atoms with Crippen molar-refractivity contribution in [2.45, 2.75) is 25.3 Å². The summed E-state index contributed by atoms with van der Waals surface area (Å²) in [5.74, 6) is 0. The minimum absolute atomic E-state index is 0.0188. The fraction of sp³-hybridized carbons (Fsp3) is 1.00. The van der Waals surface area contributed by atoms with Crippen LogP contribution in [0.2, 0.25) is 0 Å². The first kappa shape index (κ1) is 13.3. The molecule has 17 heavy (non-hydrogen) atoms. The summed E-state index contributed by atoms with van der Waals surface area (Å²) < 4.78 is 5.46. The Balaban J connectivity index is 1.81. The van der Waals surface area contributed by atoms with Crippen molar-refractivity contribution in [2.75, 3.05) is 53.6 Å². The maximum Gasteiger partial charge on any atom is 0.0557 e. The Morgan fingerprint density at radius 3 is 2.53 bits per heavy atom. The molecule has 2 fully saturated rings. The SMILES string of the molecule is CN(C)C1CCN(CC2(CO)CCOC2)CC1. The molecule has 100 valence electrons. The van der Waals surface area contributed by atoms with Gasteiger partial charge >= 0.3 is 0 Å². The van der Waals surface area contributed by atoms with Crippen LogP contribution >= 0.6 is 0 Å². The molecule has 0 radical (unpaired) electrons. The second-order valence-electron chi connectivity index (χ2n) is 5.93. The van der Waals surface area contributed by atoms with E-state index in [-0.39, 0.29) is 12.0 Å². The molecule has 0 amide bonds. The summed E-state index contributed by atoms with van der Waals surface area (Å²) >= 11 is 0. The summed E-state index contributed by atoms with van der Waals surface area (Å²) in [6, 6.07) is 0.733. The molecule has 0 spiro atoms. The predicted octanol–water partition coefficient (Wildman–Crippen LogP) is 0.411. The molecule has 4 heteroatoms. The van der Waals surface area contributed by atoms with Gasteiger partial charge in [0.25, 0.3) is 0 Å².